The molecule has 1 nitrogen and oxygen atoms in total. The van der Waals surface area contributed by atoms with Crippen molar-refractivity contribution in [1.29, 1.82) is 0 Å². The van der Waals surface area contributed by atoms with Gasteiger partial charge in [-0.05, 0) is 24.0 Å². The Morgan fingerprint density at radius 3 is 2.78 bits per heavy atom. The van der Waals surface area contributed by atoms with Crippen molar-refractivity contribution in [3.05, 3.63) is 34.6 Å². The smallest absolute Gasteiger partial charge is 0.248 e. The molecule has 1 aliphatic carbocycles. The van der Waals surface area contributed by atoms with Gasteiger partial charge < -0.3 is 5.11 Å². The highest BCUT2D eigenvalue weighted by Gasteiger charge is 2.42. The predicted octanol–water partition coefficient (Wildman–Crippen LogP) is 3.82. The summed E-state index contributed by atoms with van der Waals surface area (Å²) in [5.41, 5.74) is 0.458. The maximum Gasteiger partial charge on any atom is 0.248 e. The molecule has 0 radical (unpaired) electrons. The van der Waals surface area contributed by atoms with Gasteiger partial charge in [-0.25, -0.2) is 13.2 Å². The van der Waals surface area contributed by atoms with Crippen LogP contribution in [0, 0.1) is 11.7 Å². The molecule has 0 saturated heterocycles. The van der Waals surface area contributed by atoms with Gasteiger partial charge >= 0.3 is 0 Å². The summed E-state index contributed by atoms with van der Waals surface area (Å²) in [5, 5.41) is 9.90. The van der Waals surface area contributed by atoms with E-state index in [0.717, 1.165) is 0 Å². The first-order valence-electron chi connectivity index (χ1n) is 5.88. The second-order valence-corrected chi connectivity index (χ2v) is 5.22. The van der Waals surface area contributed by atoms with Crippen molar-refractivity contribution in [3.63, 3.8) is 0 Å². The van der Waals surface area contributed by atoms with Gasteiger partial charge in [-0.15, -0.1) is 0 Å². The van der Waals surface area contributed by atoms with Crippen molar-refractivity contribution in [3.8, 4) is 0 Å². The number of halogens is 4. The molecule has 0 amide bonds. The average Bonchev–Trinajstić information content (AvgIpc) is 2.65. The fourth-order valence-electron chi connectivity index (χ4n) is 2.41. The molecule has 0 aromatic heterocycles. The molecule has 0 heterocycles. The maximum absolute atomic E-state index is 13.2. The van der Waals surface area contributed by atoms with Gasteiger partial charge in [0.25, 0.3) is 0 Å². The van der Waals surface area contributed by atoms with Crippen molar-refractivity contribution in [1.82, 2.24) is 0 Å². The van der Waals surface area contributed by atoms with E-state index in [1.54, 1.807) is 6.07 Å². The van der Waals surface area contributed by atoms with Gasteiger partial charge in [-0.1, -0.05) is 23.7 Å². The van der Waals surface area contributed by atoms with Crippen LogP contribution >= 0.6 is 11.6 Å². The van der Waals surface area contributed by atoms with Crippen molar-refractivity contribution in [2.45, 2.75) is 37.7 Å². The van der Waals surface area contributed by atoms with Crippen LogP contribution in [0.5, 0.6) is 0 Å². The van der Waals surface area contributed by atoms with Gasteiger partial charge in [-0.3, -0.25) is 0 Å². The SMILES string of the molecule is OC(Cc1cccc(F)c1Cl)C1CCC(F)(F)C1. The van der Waals surface area contributed by atoms with E-state index in [0.29, 0.717) is 12.0 Å². The standard InChI is InChI=1S/C13H14ClF3O/c14-12-8(2-1-3-10(12)15)6-11(18)9-4-5-13(16,17)7-9/h1-3,9,11,18H,4-7H2. The van der Waals surface area contributed by atoms with Crippen molar-refractivity contribution in [2.75, 3.05) is 0 Å². The van der Waals surface area contributed by atoms with E-state index >= 15 is 0 Å². The number of aliphatic hydroxyl groups is 1. The fourth-order valence-corrected chi connectivity index (χ4v) is 2.61. The summed E-state index contributed by atoms with van der Waals surface area (Å²) in [6, 6.07) is 4.32. The highest BCUT2D eigenvalue weighted by molar-refractivity contribution is 6.31. The Morgan fingerprint density at radius 2 is 2.17 bits per heavy atom. The lowest BCUT2D eigenvalue weighted by molar-refractivity contribution is -0.00480. The topological polar surface area (TPSA) is 20.2 Å². The normalized spacial score (nSPS) is 24.2. The van der Waals surface area contributed by atoms with Gasteiger partial charge in [0.1, 0.15) is 5.82 Å². The molecular weight excluding hydrogens is 265 g/mol. The lowest BCUT2D eigenvalue weighted by Crippen LogP contribution is -2.22. The first-order chi connectivity index (χ1) is 8.39. The first kappa shape index (κ1) is 13.7. The maximum atomic E-state index is 13.2. The Labute approximate surface area is 109 Å². The summed E-state index contributed by atoms with van der Waals surface area (Å²) in [4.78, 5) is 0. The Morgan fingerprint density at radius 1 is 1.44 bits per heavy atom. The van der Waals surface area contributed by atoms with Gasteiger partial charge in [0.2, 0.25) is 5.92 Å². The van der Waals surface area contributed by atoms with E-state index in [4.69, 9.17) is 11.6 Å². The third-order valence-corrected chi connectivity index (χ3v) is 3.87. The summed E-state index contributed by atoms with van der Waals surface area (Å²) in [6.45, 7) is 0. The van der Waals surface area contributed by atoms with Crippen LogP contribution in [0.4, 0.5) is 13.2 Å². The summed E-state index contributed by atoms with van der Waals surface area (Å²) >= 11 is 5.77. The zero-order chi connectivity index (χ0) is 13.3. The van der Waals surface area contributed by atoms with Crippen molar-refractivity contribution >= 4 is 11.6 Å². The summed E-state index contributed by atoms with van der Waals surface area (Å²) in [7, 11) is 0. The molecular formula is C13H14ClF3O. The van der Waals surface area contributed by atoms with Crippen LogP contribution in [0.3, 0.4) is 0 Å². The number of alkyl halides is 2. The largest absolute Gasteiger partial charge is 0.392 e. The Kier molecular flexibility index (Phi) is 3.87. The Hall–Kier alpha value is -0.740. The molecule has 2 unspecified atom stereocenters. The molecule has 0 aliphatic heterocycles. The highest BCUT2D eigenvalue weighted by atomic mass is 35.5. The zero-order valence-electron chi connectivity index (χ0n) is 9.67. The summed E-state index contributed by atoms with van der Waals surface area (Å²) in [5.74, 6) is -3.69. The summed E-state index contributed by atoms with van der Waals surface area (Å²) in [6.07, 6.45) is -0.997. The molecule has 2 atom stereocenters. The molecule has 1 aromatic carbocycles. The molecule has 1 fully saturated rings. The third-order valence-electron chi connectivity index (χ3n) is 3.45. The predicted molar refractivity (Wildman–Crippen MR) is 63.4 cm³/mol. The number of aliphatic hydroxyl groups excluding tert-OH is 1. The highest BCUT2D eigenvalue weighted by Crippen LogP contribution is 2.41. The zero-order valence-corrected chi connectivity index (χ0v) is 10.4. The average molecular weight is 279 g/mol. The number of rotatable bonds is 3. The molecule has 1 N–H and O–H groups in total. The van der Waals surface area contributed by atoms with Crippen molar-refractivity contribution in [2.24, 2.45) is 5.92 Å². The molecule has 0 bridgehead atoms. The van der Waals surface area contributed by atoms with E-state index in [2.05, 4.69) is 0 Å². The van der Waals surface area contributed by atoms with Crippen LogP contribution in [0.2, 0.25) is 5.02 Å². The van der Waals surface area contributed by atoms with E-state index in [-0.39, 0.29) is 24.3 Å². The monoisotopic (exact) mass is 278 g/mol. The van der Waals surface area contributed by atoms with Crippen LogP contribution in [-0.2, 0) is 6.42 Å². The van der Waals surface area contributed by atoms with E-state index in [1.165, 1.54) is 12.1 Å². The summed E-state index contributed by atoms with van der Waals surface area (Å²) < 4.78 is 39.3. The van der Waals surface area contributed by atoms with Crippen LogP contribution in [0.25, 0.3) is 0 Å². The minimum absolute atomic E-state index is 0.0405. The first-order valence-corrected chi connectivity index (χ1v) is 6.25. The number of hydrogen-bond donors (Lipinski definition) is 1. The molecule has 1 saturated carbocycles. The second kappa shape index (κ2) is 5.10. The van der Waals surface area contributed by atoms with Gasteiger partial charge in [-0.2, -0.15) is 0 Å². The molecule has 1 aliphatic rings. The number of benzene rings is 1. The third kappa shape index (κ3) is 2.98. The van der Waals surface area contributed by atoms with Gasteiger partial charge in [0, 0.05) is 19.3 Å². The molecule has 5 heteroatoms. The lowest BCUT2D eigenvalue weighted by Gasteiger charge is -2.18. The Bertz CT molecular complexity index is 436. The second-order valence-electron chi connectivity index (χ2n) is 4.84. The molecule has 100 valence electrons. The molecule has 0 spiro atoms. The van der Waals surface area contributed by atoms with E-state index in [1.807, 2.05) is 0 Å². The minimum Gasteiger partial charge on any atom is -0.392 e. The van der Waals surface area contributed by atoms with E-state index < -0.39 is 23.8 Å². The minimum atomic E-state index is -2.68. The van der Waals surface area contributed by atoms with Crippen molar-refractivity contribution < 1.29 is 18.3 Å². The number of hydrogen-bond acceptors (Lipinski definition) is 1. The lowest BCUT2D eigenvalue weighted by atomic mass is 9.94. The Balaban J connectivity index is 2.04. The molecule has 18 heavy (non-hydrogen) atoms. The molecule has 2 rings (SSSR count). The fraction of sp³-hybridized carbons (Fsp3) is 0.538. The molecule has 1 aromatic rings. The van der Waals surface area contributed by atoms with Gasteiger partial charge in [0.05, 0.1) is 11.1 Å². The van der Waals surface area contributed by atoms with E-state index in [9.17, 15) is 18.3 Å². The van der Waals surface area contributed by atoms with Crippen LogP contribution in [0.15, 0.2) is 18.2 Å². The van der Waals surface area contributed by atoms with Crippen LogP contribution in [0.1, 0.15) is 24.8 Å². The quantitative estimate of drug-likeness (QED) is 0.891. The van der Waals surface area contributed by atoms with Gasteiger partial charge in [0.15, 0.2) is 0 Å². The van der Waals surface area contributed by atoms with Crippen LogP contribution in [-0.4, -0.2) is 17.1 Å². The van der Waals surface area contributed by atoms with Crippen LogP contribution < -0.4 is 0 Å².